The number of hydrazine groups is 1. The van der Waals surface area contributed by atoms with Gasteiger partial charge in [-0.25, -0.2) is 0 Å². The predicted molar refractivity (Wildman–Crippen MR) is 83.5 cm³/mol. The van der Waals surface area contributed by atoms with E-state index in [4.69, 9.17) is 17.4 Å². The second kappa shape index (κ2) is 6.02. The van der Waals surface area contributed by atoms with Crippen molar-refractivity contribution in [2.24, 2.45) is 5.84 Å². The van der Waals surface area contributed by atoms with Crippen LogP contribution in [0.25, 0.3) is 0 Å². The maximum atomic E-state index is 6.02. The monoisotopic (exact) mass is 293 g/mol. The van der Waals surface area contributed by atoms with Crippen molar-refractivity contribution in [3.05, 3.63) is 34.9 Å². The van der Waals surface area contributed by atoms with Gasteiger partial charge in [0.25, 0.3) is 0 Å². The summed E-state index contributed by atoms with van der Waals surface area (Å²) < 4.78 is 0. The lowest BCUT2D eigenvalue weighted by atomic mass is 9.82. The Morgan fingerprint density at radius 3 is 2.20 bits per heavy atom. The third-order valence-electron chi connectivity index (χ3n) is 5.11. The summed E-state index contributed by atoms with van der Waals surface area (Å²) in [6.45, 7) is 2.43. The van der Waals surface area contributed by atoms with Crippen LogP contribution in [0.5, 0.6) is 0 Å². The summed E-state index contributed by atoms with van der Waals surface area (Å²) in [5.74, 6) is 5.97. The van der Waals surface area contributed by atoms with Crippen molar-refractivity contribution in [1.82, 2.24) is 10.3 Å². The van der Waals surface area contributed by atoms with Gasteiger partial charge in [0.15, 0.2) is 0 Å². The van der Waals surface area contributed by atoms with Gasteiger partial charge in [-0.1, -0.05) is 36.6 Å². The number of nitrogens with zero attached hydrogens (tertiary/aromatic N) is 1. The van der Waals surface area contributed by atoms with E-state index in [1.54, 1.807) is 0 Å². The fourth-order valence-corrected chi connectivity index (χ4v) is 4.28. The van der Waals surface area contributed by atoms with Crippen LogP contribution >= 0.6 is 11.6 Å². The van der Waals surface area contributed by atoms with E-state index in [1.807, 2.05) is 12.1 Å². The minimum atomic E-state index is 0.194. The highest BCUT2D eigenvalue weighted by atomic mass is 35.5. The number of likely N-dealkylation sites (tertiary alicyclic amines) is 1. The van der Waals surface area contributed by atoms with Crippen molar-refractivity contribution >= 4 is 11.6 Å². The van der Waals surface area contributed by atoms with Gasteiger partial charge in [0.05, 0.1) is 6.04 Å². The summed E-state index contributed by atoms with van der Waals surface area (Å²) in [7, 11) is 0. The number of halogens is 1. The molecule has 1 heterocycles. The molecule has 1 aliphatic heterocycles. The number of hydrogen-bond donors (Lipinski definition) is 2. The molecular weight excluding hydrogens is 270 g/mol. The molecule has 1 aromatic carbocycles. The average molecular weight is 294 g/mol. The first-order chi connectivity index (χ1) is 9.76. The molecule has 1 unspecified atom stereocenters. The number of nitrogens with one attached hydrogen (secondary N) is 1. The fourth-order valence-electron chi connectivity index (χ4n) is 4.15. The molecule has 1 saturated heterocycles. The standard InChI is InChI=1S/C16H24ClN3/c17-14-7-5-13(6-8-14)15(19-18)16(9-1-2-10-16)20-11-3-4-12-20/h5-8,15,19H,1-4,9-12,18H2. The minimum Gasteiger partial charge on any atom is -0.296 e. The zero-order valence-corrected chi connectivity index (χ0v) is 12.7. The van der Waals surface area contributed by atoms with Crippen molar-refractivity contribution in [2.75, 3.05) is 13.1 Å². The van der Waals surface area contributed by atoms with Gasteiger partial charge in [0.1, 0.15) is 0 Å². The summed E-state index contributed by atoms with van der Waals surface area (Å²) in [6, 6.07) is 8.36. The lowest BCUT2D eigenvalue weighted by Gasteiger charge is -2.45. The van der Waals surface area contributed by atoms with Crippen molar-refractivity contribution in [3.8, 4) is 0 Å². The highest BCUT2D eigenvalue weighted by Gasteiger charge is 2.46. The van der Waals surface area contributed by atoms with Crippen molar-refractivity contribution < 1.29 is 0 Å². The smallest absolute Gasteiger partial charge is 0.0643 e. The van der Waals surface area contributed by atoms with Gasteiger partial charge >= 0.3 is 0 Å². The molecule has 110 valence electrons. The lowest BCUT2D eigenvalue weighted by molar-refractivity contribution is 0.0764. The van der Waals surface area contributed by atoms with E-state index in [0.717, 1.165) is 5.02 Å². The summed E-state index contributed by atoms with van der Waals surface area (Å²) in [4.78, 5) is 2.68. The molecule has 0 radical (unpaired) electrons. The van der Waals surface area contributed by atoms with E-state index >= 15 is 0 Å². The maximum absolute atomic E-state index is 6.02. The molecule has 0 amide bonds. The Hall–Kier alpha value is -0.610. The molecule has 2 aliphatic rings. The molecule has 2 fully saturated rings. The minimum absolute atomic E-state index is 0.194. The fraction of sp³-hybridized carbons (Fsp3) is 0.625. The van der Waals surface area contributed by atoms with Crippen LogP contribution in [0.15, 0.2) is 24.3 Å². The Morgan fingerprint density at radius 1 is 1.05 bits per heavy atom. The molecule has 1 aromatic rings. The zero-order chi connectivity index (χ0) is 14.0. The lowest BCUT2D eigenvalue weighted by Crippen LogP contribution is -2.55. The van der Waals surface area contributed by atoms with Crippen LogP contribution < -0.4 is 11.3 Å². The molecule has 0 bridgehead atoms. The Balaban J connectivity index is 1.93. The predicted octanol–water partition coefficient (Wildman–Crippen LogP) is 3.25. The summed E-state index contributed by atoms with van der Waals surface area (Å²) in [6.07, 6.45) is 7.73. The molecule has 0 spiro atoms. The number of hydrogen-bond acceptors (Lipinski definition) is 3. The van der Waals surface area contributed by atoms with E-state index < -0.39 is 0 Å². The first kappa shape index (κ1) is 14.3. The highest BCUT2D eigenvalue weighted by molar-refractivity contribution is 6.30. The third kappa shape index (κ3) is 2.48. The quantitative estimate of drug-likeness (QED) is 0.661. The second-order valence-electron chi connectivity index (χ2n) is 6.16. The molecule has 1 atom stereocenters. The summed E-state index contributed by atoms with van der Waals surface area (Å²) in [5, 5.41) is 0.783. The van der Waals surface area contributed by atoms with Crippen LogP contribution in [0.4, 0.5) is 0 Å². The van der Waals surface area contributed by atoms with E-state index in [9.17, 15) is 0 Å². The van der Waals surface area contributed by atoms with Gasteiger partial charge in [-0.2, -0.15) is 0 Å². The molecule has 1 saturated carbocycles. The Labute approximate surface area is 126 Å². The molecule has 0 aromatic heterocycles. The number of nitrogens with two attached hydrogens (primary N) is 1. The third-order valence-corrected chi connectivity index (χ3v) is 5.36. The van der Waals surface area contributed by atoms with Crippen molar-refractivity contribution in [2.45, 2.75) is 50.1 Å². The highest BCUT2D eigenvalue weighted by Crippen LogP contribution is 2.45. The van der Waals surface area contributed by atoms with Crippen LogP contribution in [-0.2, 0) is 0 Å². The normalized spacial score (nSPS) is 24.1. The number of benzene rings is 1. The molecule has 3 rings (SSSR count). The molecule has 3 N–H and O–H groups in total. The van der Waals surface area contributed by atoms with E-state index in [-0.39, 0.29) is 11.6 Å². The van der Waals surface area contributed by atoms with Crippen LogP contribution in [0.2, 0.25) is 5.02 Å². The Kier molecular flexibility index (Phi) is 4.32. The topological polar surface area (TPSA) is 41.3 Å². The molecule has 1 aliphatic carbocycles. The summed E-state index contributed by atoms with van der Waals surface area (Å²) in [5.41, 5.74) is 4.56. The Bertz CT molecular complexity index is 434. The van der Waals surface area contributed by atoms with Gasteiger partial charge in [-0.05, 0) is 56.5 Å². The molecule has 4 heteroatoms. The van der Waals surface area contributed by atoms with E-state index in [0.29, 0.717) is 0 Å². The zero-order valence-electron chi connectivity index (χ0n) is 11.9. The van der Waals surface area contributed by atoms with Gasteiger partial charge in [0, 0.05) is 10.6 Å². The average Bonchev–Trinajstić information content (AvgIpc) is 3.12. The van der Waals surface area contributed by atoms with Crippen LogP contribution in [-0.4, -0.2) is 23.5 Å². The first-order valence-corrected chi connectivity index (χ1v) is 8.11. The molecular formula is C16H24ClN3. The van der Waals surface area contributed by atoms with Gasteiger partial charge < -0.3 is 0 Å². The maximum Gasteiger partial charge on any atom is 0.0643 e. The SMILES string of the molecule is NNC(c1ccc(Cl)cc1)C1(N2CCCC2)CCCC1. The van der Waals surface area contributed by atoms with E-state index in [1.165, 1.54) is 57.2 Å². The van der Waals surface area contributed by atoms with Crippen molar-refractivity contribution in [1.29, 1.82) is 0 Å². The molecule has 3 nitrogen and oxygen atoms in total. The summed E-state index contributed by atoms with van der Waals surface area (Å²) >= 11 is 6.02. The van der Waals surface area contributed by atoms with Crippen LogP contribution in [0.1, 0.15) is 50.1 Å². The van der Waals surface area contributed by atoms with Gasteiger partial charge in [-0.15, -0.1) is 0 Å². The van der Waals surface area contributed by atoms with E-state index in [2.05, 4.69) is 22.5 Å². The van der Waals surface area contributed by atoms with Crippen molar-refractivity contribution in [3.63, 3.8) is 0 Å². The van der Waals surface area contributed by atoms with Gasteiger partial charge in [0.2, 0.25) is 0 Å². The largest absolute Gasteiger partial charge is 0.296 e. The molecule has 20 heavy (non-hydrogen) atoms. The number of rotatable bonds is 4. The van der Waals surface area contributed by atoms with Crippen LogP contribution in [0, 0.1) is 0 Å². The Morgan fingerprint density at radius 2 is 1.65 bits per heavy atom. The second-order valence-corrected chi connectivity index (χ2v) is 6.59. The van der Waals surface area contributed by atoms with Crippen LogP contribution in [0.3, 0.4) is 0 Å². The van der Waals surface area contributed by atoms with Gasteiger partial charge in [-0.3, -0.25) is 16.2 Å². The first-order valence-electron chi connectivity index (χ1n) is 7.73.